The molecule has 0 saturated carbocycles. The molecule has 1 rings (SSSR count). The first-order chi connectivity index (χ1) is 7.69. The number of nitrogens with one attached hydrogen (secondary N) is 1. The van der Waals surface area contributed by atoms with Crippen LogP contribution in [0.15, 0.2) is 24.3 Å². The second-order valence-electron chi connectivity index (χ2n) is 3.56. The summed E-state index contributed by atoms with van der Waals surface area (Å²) in [5, 5.41) is 3.01. The van der Waals surface area contributed by atoms with E-state index < -0.39 is 0 Å². The summed E-state index contributed by atoms with van der Waals surface area (Å²) < 4.78 is 5.08. The van der Waals surface area contributed by atoms with Crippen molar-refractivity contribution in [3.8, 4) is 5.75 Å². The van der Waals surface area contributed by atoms with Crippen LogP contribution in [0.4, 0.5) is 0 Å². The summed E-state index contributed by atoms with van der Waals surface area (Å²) in [7, 11) is 5.25. The number of nitrogens with zero attached hydrogens (tertiary/aromatic N) is 1. The maximum Gasteiger partial charge on any atom is 0.253 e. The van der Waals surface area contributed by atoms with E-state index in [0.29, 0.717) is 17.9 Å². The van der Waals surface area contributed by atoms with Gasteiger partial charge >= 0.3 is 0 Å². The van der Waals surface area contributed by atoms with E-state index >= 15 is 0 Å². The molecule has 88 valence electrons. The molecule has 0 bridgehead atoms. The standard InChI is InChI=1S/C12H18N2O2/c1-13-7-8-14(2)12(15)10-5-4-6-11(9-10)16-3/h4-6,9,13H,7-8H2,1-3H3. The molecule has 1 amide bonds. The van der Waals surface area contributed by atoms with E-state index in [-0.39, 0.29) is 5.91 Å². The summed E-state index contributed by atoms with van der Waals surface area (Å²) in [4.78, 5) is 13.6. The fourth-order valence-corrected chi connectivity index (χ4v) is 1.36. The van der Waals surface area contributed by atoms with Crippen molar-refractivity contribution in [1.29, 1.82) is 0 Å². The zero-order valence-corrected chi connectivity index (χ0v) is 9.99. The van der Waals surface area contributed by atoms with Crippen LogP contribution in [0.25, 0.3) is 0 Å². The van der Waals surface area contributed by atoms with Crippen molar-refractivity contribution in [2.45, 2.75) is 0 Å². The van der Waals surface area contributed by atoms with Gasteiger partial charge in [-0.05, 0) is 25.2 Å². The van der Waals surface area contributed by atoms with Gasteiger partial charge in [-0.25, -0.2) is 0 Å². The quantitative estimate of drug-likeness (QED) is 0.807. The van der Waals surface area contributed by atoms with Gasteiger partial charge in [-0.1, -0.05) is 6.07 Å². The SMILES string of the molecule is CNCCN(C)C(=O)c1cccc(OC)c1. The topological polar surface area (TPSA) is 41.6 Å². The second-order valence-corrected chi connectivity index (χ2v) is 3.56. The van der Waals surface area contributed by atoms with Gasteiger partial charge in [0.1, 0.15) is 5.75 Å². The highest BCUT2D eigenvalue weighted by atomic mass is 16.5. The van der Waals surface area contributed by atoms with E-state index in [2.05, 4.69) is 5.32 Å². The van der Waals surface area contributed by atoms with Crippen LogP contribution in [-0.2, 0) is 0 Å². The van der Waals surface area contributed by atoms with Crippen molar-refractivity contribution in [2.24, 2.45) is 0 Å². The number of likely N-dealkylation sites (N-methyl/N-ethyl adjacent to an activating group) is 2. The Labute approximate surface area is 96.2 Å². The lowest BCUT2D eigenvalue weighted by atomic mass is 10.2. The molecule has 0 aromatic heterocycles. The molecule has 1 aromatic rings. The van der Waals surface area contributed by atoms with Crippen LogP contribution in [0.5, 0.6) is 5.75 Å². The summed E-state index contributed by atoms with van der Waals surface area (Å²) >= 11 is 0. The Kier molecular flexibility index (Phi) is 4.79. The molecule has 0 aliphatic heterocycles. The van der Waals surface area contributed by atoms with Crippen LogP contribution in [0, 0.1) is 0 Å². The zero-order valence-electron chi connectivity index (χ0n) is 9.99. The molecule has 0 heterocycles. The first-order valence-electron chi connectivity index (χ1n) is 5.23. The normalized spacial score (nSPS) is 9.94. The molecule has 0 atom stereocenters. The van der Waals surface area contributed by atoms with Crippen molar-refractivity contribution >= 4 is 5.91 Å². The number of ether oxygens (including phenoxy) is 1. The molecule has 1 aromatic carbocycles. The lowest BCUT2D eigenvalue weighted by Gasteiger charge is -2.17. The first kappa shape index (κ1) is 12.5. The predicted octanol–water partition coefficient (Wildman–Crippen LogP) is 0.987. The van der Waals surface area contributed by atoms with Gasteiger partial charge < -0.3 is 15.0 Å². The number of carbonyl (C=O) groups is 1. The third-order valence-electron chi connectivity index (χ3n) is 2.36. The van der Waals surface area contributed by atoms with E-state index in [9.17, 15) is 4.79 Å². The molecule has 0 unspecified atom stereocenters. The smallest absolute Gasteiger partial charge is 0.253 e. The van der Waals surface area contributed by atoms with Crippen LogP contribution in [0.3, 0.4) is 0 Å². The fraction of sp³-hybridized carbons (Fsp3) is 0.417. The Balaban J connectivity index is 2.71. The maximum absolute atomic E-state index is 12.0. The predicted molar refractivity (Wildman–Crippen MR) is 63.9 cm³/mol. The number of rotatable bonds is 5. The number of benzene rings is 1. The fourth-order valence-electron chi connectivity index (χ4n) is 1.36. The van der Waals surface area contributed by atoms with Gasteiger partial charge in [0, 0.05) is 25.7 Å². The lowest BCUT2D eigenvalue weighted by Crippen LogP contribution is -2.32. The molecule has 0 spiro atoms. The highest BCUT2D eigenvalue weighted by Crippen LogP contribution is 2.13. The van der Waals surface area contributed by atoms with Crippen molar-refractivity contribution in [3.63, 3.8) is 0 Å². The molecule has 16 heavy (non-hydrogen) atoms. The van der Waals surface area contributed by atoms with Crippen molar-refractivity contribution in [2.75, 3.05) is 34.3 Å². The number of amides is 1. The van der Waals surface area contributed by atoms with Gasteiger partial charge in [0.05, 0.1) is 7.11 Å². The third-order valence-corrected chi connectivity index (χ3v) is 2.36. The van der Waals surface area contributed by atoms with Crippen molar-refractivity contribution < 1.29 is 9.53 Å². The minimum Gasteiger partial charge on any atom is -0.497 e. The zero-order chi connectivity index (χ0) is 12.0. The summed E-state index contributed by atoms with van der Waals surface area (Å²) in [5.41, 5.74) is 0.651. The Morgan fingerprint density at radius 2 is 2.25 bits per heavy atom. The van der Waals surface area contributed by atoms with Crippen molar-refractivity contribution in [3.05, 3.63) is 29.8 Å². The lowest BCUT2D eigenvalue weighted by molar-refractivity contribution is 0.0796. The van der Waals surface area contributed by atoms with Gasteiger partial charge in [0.2, 0.25) is 0 Å². The monoisotopic (exact) mass is 222 g/mol. The van der Waals surface area contributed by atoms with E-state index in [4.69, 9.17) is 4.74 Å². The van der Waals surface area contributed by atoms with E-state index in [1.165, 1.54) is 0 Å². The highest BCUT2D eigenvalue weighted by molar-refractivity contribution is 5.94. The summed E-state index contributed by atoms with van der Waals surface area (Å²) in [6, 6.07) is 7.18. The van der Waals surface area contributed by atoms with E-state index in [1.54, 1.807) is 31.2 Å². The van der Waals surface area contributed by atoms with Crippen LogP contribution in [0.2, 0.25) is 0 Å². The maximum atomic E-state index is 12.0. The molecular weight excluding hydrogens is 204 g/mol. The highest BCUT2D eigenvalue weighted by Gasteiger charge is 2.11. The molecule has 0 saturated heterocycles. The molecular formula is C12H18N2O2. The van der Waals surface area contributed by atoms with E-state index in [0.717, 1.165) is 6.54 Å². The van der Waals surface area contributed by atoms with Crippen LogP contribution < -0.4 is 10.1 Å². The molecule has 0 aliphatic carbocycles. The Morgan fingerprint density at radius 1 is 1.50 bits per heavy atom. The van der Waals surface area contributed by atoms with Gasteiger partial charge in [0.25, 0.3) is 5.91 Å². The number of hydrogen-bond acceptors (Lipinski definition) is 3. The number of carbonyl (C=O) groups excluding carboxylic acids is 1. The number of hydrogen-bond donors (Lipinski definition) is 1. The largest absolute Gasteiger partial charge is 0.497 e. The van der Waals surface area contributed by atoms with Crippen LogP contribution >= 0.6 is 0 Å². The molecule has 0 aliphatic rings. The summed E-state index contributed by atoms with van der Waals surface area (Å²) in [5.74, 6) is 0.710. The molecule has 4 heteroatoms. The van der Waals surface area contributed by atoms with Gasteiger partial charge in [-0.3, -0.25) is 4.79 Å². The third kappa shape index (κ3) is 3.24. The summed E-state index contributed by atoms with van der Waals surface area (Å²) in [6.07, 6.45) is 0. The summed E-state index contributed by atoms with van der Waals surface area (Å²) in [6.45, 7) is 1.47. The molecule has 1 N–H and O–H groups in total. The average molecular weight is 222 g/mol. The van der Waals surface area contributed by atoms with Crippen LogP contribution in [-0.4, -0.2) is 45.1 Å². The molecule has 0 fully saturated rings. The molecule has 0 radical (unpaired) electrons. The van der Waals surface area contributed by atoms with Gasteiger partial charge in [0.15, 0.2) is 0 Å². The minimum atomic E-state index is 0.00847. The number of methoxy groups -OCH3 is 1. The Hall–Kier alpha value is -1.55. The Bertz CT molecular complexity index is 353. The van der Waals surface area contributed by atoms with E-state index in [1.807, 2.05) is 19.2 Å². The van der Waals surface area contributed by atoms with Crippen LogP contribution in [0.1, 0.15) is 10.4 Å². The minimum absolute atomic E-state index is 0.00847. The van der Waals surface area contributed by atoms with Gasteiger partial charge in [-0.2, -0.15) is 0 Å². The molecule has 4 nitrogen and oxygen atoms in total. The Morgan fingerprint density at radius 3 is 2.88 bits per heavy atom. The van der Waals surface area contributed by atoms with Gasteiger partial charge in [-0.15, -0.1) is 0 Å². The first-order valence-corrected chi connectivity index (χ1v) is 5.23. The average Bonchev–Trinajstić information content (AvgIpc) is 2.35. The van der Waals surface area contributed by atoms with Crippen molar-refractivity contribution in [1.82, 2.24) is 10.2 Å². The second kappa shape index (κ2) is 6.12.